The predicted octanol–water partition coefficient (Wildman–Crippen LogP) is 2.81. The van der Waals surface area contributed by atoms with Crippen LogP contribution >= 0.6 is 11.3 Å². The van der Waals surface area contributed by atoms with Gasteiger partial charge in [0.05, 0.1) is 4.88 Å². The van der Waals surface area contributed by atoms with Gasteiger partial charge in [-0.05, 0) is 35.7 Å². The Labute approximate surface area is 96.7 Å². The number of carbonyl (C=O) groups excluding carboxylic acids is 2. The molecule has 1 aromatic heterocycles. The lowest BCUT2D eigenvalue weighted by atomic mass is 10.2. The summed E-state index contributed by atoms with van der Waals surface area (Å²) < 4.78 is 0. The van der Waals surface area contributed by atoms with Gasteiger partial charge >= 0.3 is 0 Å². The first-order valence-electron chi connectivity index (χ1n) is 4.70. The molecule has 2 rings (SSSR count). The van der Waals surface area contributed by atoms with Crippen molar-refractivity contribution in [2.24, 2.45) is 0 Å². The number of rotatable bonds is 3. The summed E-state index contributed by atoms with van der Waals surface area (Å²) in [4.78, 5) is 22.8. The average molecular weight is 231 g/mol. The number of nitrogens with one attached hydrogen (secondary N) is 1. The number of anilines is 1. The Balaban J connectivity index is 2.09. The van der Waals surface area contributed by atoms with E-state index in [1.807, 2.05) is 11.4 Å². The van der Waals surface area contributed by atoms with Crippen molar-refractivity contribution in [3.8, 4) is 0 Å². The third-order valence-corrected chi connectivity index (χ3v) is 2.92. The van der Waals surface area contributed by atoms with Crippen LogP contribution in [0, 0.1) is 0 Å². The van der Waals surface area contributed by atoms with Crippen LogP contribution in [0.15, 0.2) is 41.8 Å². The Morgan fingerprint density at radius 1 is 1.19 bits per heavy atom. The van der Waals surface area contributed by atoms with Gasteiger partial charge in [-0.2, -0.15) is 0 Å². The van der Waals surface area contributed by atoms with E-state index in [1.165, 1.54) is 11.3 Å². The van der Waals surface area contributed by atoms with Gasteiger partial charge in [0.15, 0.2) is 0 Å². The fourth-order valence-electron chi connectivity index (χ4n) is 1.25. The molecule has 0 aliphatic rings. The van der Waals surface area contributed by atoms with Gasteiger partial charge in [0, 0.05) is 11.3 Å². The van der Waals surface area contributed by atoms with Gasteiger partial charge in [-0.15, -0.1) is 11.3 Å². The van der Waals surface area contributed by atoms with E-state index in [0.717, 1.165) is 6.29 Å². The first-order chi connectivity index (χ1) is 7.79. The molecule has 0 aliphatic heterocycles. The molecule has 2 aromatic rings. The Bertz CT molecular complexity index is 488. The molecule has 80 valence electrons. The van der Waals surface area contributed by atoms with Crippen molar-refractivity contribution in [2.45, 2.75) is 0 Å². The van der Waals surface area contributed by atoms with E-state index in [-0.39, 0.29) is 5.91 Å². The molecule has 0 unspecified atom stereocenters. The van der Waals surface area contributed by atoms with Gasteiger partial charge < -0.3 is 5.32 Å². The van der Waals surface area contributed by atoms with Crippen molar-refractivity contribution in [1.82, 2.24) is 0 Å². The van der Waals surface area contributed by atoms with Crippen molar-refractivity contribution in [1.29, 1.82) is 0 Å². The minimum Gasteiger partial charge on any atom is -0.321 e. The molecule has 0 aliphatic carbocycles. The molecule has 1 heterocycles. The number of aldehydes is 1. The Hall–Kier alpha value is -1.94. The molecule has 1 amide bonds. The number of thiophene rings is 1. The first-order valence-corrected chi connectivity index (χ1v) is 5.57. The molecule has 0 saturated heterocycles. The molecule has 1 N–H and O–H groups in total. The highest BCUT2D eigenvalue weighted by Gasteiger charge is 2.06. The normalized spacial score (nSPS) is 9.75. The van der Waals surface area contributed by atoms with Crippen LogP contribution in [0.5, 0.6) is 0 Å². The summed E-state index contributed by atoms with van der Waals surface area (Å²) in [6.45, 7) is 0. The molecule has 16 heavy (non-hydrogen) atoms. The van der Waals surface area contributed by atoms with Gasteiger partial charge in [0.25, 0.3) is 5.91 Å². The van der Waals surface area contributed by atoms with E-state index >= 15 is 0 Å². The zero-order chi connectivity index (χ0) is 11.4. The molecule has 0 radical (unpaired) electrons. The standard InChI is InChI=1S/C12H9NO2S/c14-8-9-3-5-10(6-4-9)13-12(15)11-2-1-7-16-11/h1-8H,(H,13,15). The van der Waals surface area contributed by atoms with Crippen LogP contribution in [0.3, 0.4) is 0 Å². The summed E-state index contributed by atoms with van der Waals surface area (Å²) in [5, 5.41) is 4.60. The lowest BCUT2D eigenvalue weighted by Crippen LogP contribution is -2.09. The minimum absolute atomic E-state index is 0.131. The zero-order valence-corrected chi connectivity index (χ0v) is 9.16. The van der Waals surface area contributed by atoms with E-state index in [2.05, 4.69) is 5.32 Å². The minimum atomic E-state index is -0.131. The maximum atomic E-state index is 11.7. The van der Waals surface area contributed by atoms with E-state index in [9.17, 15) is 9.59 Å². The second-order valence-electron chi connectivity index (χ2n) is 3.17. The summed E-state index contributed by atoms with van der Waals surface area (Å²) in [5.41, 5.74) is 1.28. The highest BCUT2D eigenvalue weighted by molar-refractivity contribution is 7.12. The fraction of sp³-hybridized carbons (Fsp3) is 0. The molecular weight excluding hydrogens is 222 g/mol. The monoisotopic (exact) mass is 231 g/mol. The second-order valence-corrected chi connectivity index (χ2v) is 4.12. The quantitative estimate of drug-likeness (QED) is 0.825. The fourth-order valence-corrected chi connectivity index (χ4v) is 1.86. The molecule has 0 fully saturated rings. The van der Waals surface area contributed by atoms with Crippen molar-refractivity contribution in [3.05, 3.63) is 52.2 Å². The van der Waals surface area contributed by atoms with Crippen molar-refractivity contribution >= 4 is 29.2 Å². The van der Waals surface area contributed by atoms with Crippen LogP contribution in [0.1, 0.15) is 20.0 Å². The third-order valence-electron chi connectivity index (χ3n) is 2.05. The van der Waals surface area contributed by atoms with Gasteiger partial charge in [-0.1, -0.05) is 6.07 Å². The van der Waals surface area contributed by atoms with Gasteiger partial charge in [0.2, 0.25) is 0 Å². The smallest absolute Gasteiger partial charge is 0.265 e. The molecule has 1 aromatic carbocycles. The van der Waals surface area contributed by atoms with Crippen molar-refractivity contribution in [2.75, 3.05) is 5.32 Å². The molecule has 0 spiro atoms. The SMILES string of the molecule is O=Cc1ccc(NC(=O)c2cccs2)cc1. The lowest BCUT2D eigenvalue weighted by molar-refractivity contribution is 0.103. The highest BCUT2D eigenvalue weighted by Crippen LogP contribution is 2.13. The molecule has 0 atom stereocenters. The Morgan fingerprint density at radius 3 is 2.50 bits per heavy atom. The summed E-state index contributed by atoms with van der Waals surface area (Å²) in [5.74, 6) is -0.131. The Kier molecular flexibility index (Phi) is 3.12. The van der Waals surface area contributed by atoms with Crippen molar-refractivity contribution < 1.29 is 9.59 Å². The van der Waals surface area contributed by atoms with Crippen LogP contribution in [0.4, 0.5) is 5.69 Å². The van der Waals surface area contributed by atoms with Crippen LogP contribution in [0.2, 0.25) is 0 Å². The predicted molar refractivity (Wildman–Crippen MR) is 64.1 cm³/mol. The van der Waals surface area contributed by atoms with E-state index < -0.39 is 0 Å². The maximum Gasteiger partial charge on any atom is 0.265 e. The van der Waals surface area contributed by atoms with Gasteiger partial charge in [-0.25, -0.2) is 0 Å². The van der Waals surface area contributed by atoms with Crippen LogP contribution < -0.4 is 5.32 Å². The van der Waals surface area contributed by atoms with E-state index in [1.54, 1.807) is 30.3 Å². The largest absolute Gasteiger partial charge is 0.321 e. The third kappa shape index (κ3) is 2.35. The number of amides is 1. The second kappa shape index (κ2) is 4.72. The van der Waals surface area contributed by atoms with E-state index in [0.29, 0.717) is 16.1 Å². The van der Waals surface area contributed by atoms with Gasteiger partial charge in [-0.3, -0.25) is 9.59 Å². The number of carbonyl (C=O) groups is 2. The average Bonchev–Trinajstić information content (AvgIpc) is 2.83. The van der Waals surface area contributed by atoms with E-state index in [4.69, 9.17) is 0 Å². The molecular formula is C12H9NO2S. The molecule has 4 heteroatoms. The highest BCUT2D eigenvalue weighted by atomic mass is 32.1. The van der Waals surface area contributed by atoms with Gasteiger partial charge in [0.1, 0.15) is 6.29 Å². The first kappa shape index (κ1) is 10.6. The van der Waals surface area contributed by atoms with Crippen LogP contribution in [0.25, 0.3) is 0 Å². The van der Waals surface area contributed by atoms with Crippen LogP contribution in [-0.4, -0.2) is 12.2 Å². The molecule has 0 bridgehead atoms. The van der Waals surface area contributed by atoms with Crippen molar-refractivity contribution in [3.63, 3.8) is 0 Å². The number of hydrogen-bond acceptors (Lipinski definition) is 3. The Morgan fingerprint density at radius 2 is 1.94 bits per heavy atom. The summed E-state index contributed by atoms with van der Waals surface area (Å²) in [6, 6.07) is 10.3. The molecule has 3 nitrogen and oxygen atoms in total. The maximum absolute atomic E-state index is 11.7. The number of hydrogen-bond donors (Lipinski definition) is 1. The topological polar surface area (TPSA) is 46.2 Å². The summed E-state index contributed by atoms with van der Waals surface area (Å²) >= 11 is 1.39. The summed E-state index contributed by atoms with van der Waals surface area (Å²) in [7, 11) is 0. The van der Waals surface area contributed by atoms with Crippen LogP contribution in [-0.2, 0) is 0 Å². The molecule has 0 saturated carbocycles. The zero-order valence-electron chi connectivity index (χ0n) is 8.34. The lowest BCUT2D eigenvalue weighted by Gasteiger charge is -2.02. The summed E-state index contributed by atoms with van der Waals surface area (Å²) in [6.07, 6.45) is 0.769. The number of benzene rings is 1.